The van der Waals surface area contributed by atoms with Gasteiger partial charge in [0, 0.05) is 5.92 Å². The van der Waals surface area contributed by atoms with E-state index in [1.165, 1.54) is 13.2 Å². The van der Waals surface area contributed by atoms with E-state index in [2.05, 4.69) is 4.74 Å². The Morgan fingerprint density at radius 1 is 1.23 bits per heavy atom. The van der Waals surface area contributed by atoms with Crippen molar-refractivity contribution in [2.24, 2.45) is 11.3 Å². The van der Waals surface area contributed by atoms with Crippen molar-refractivity contribution in [2.45, 2.75) is 24.9 Å². The summed E-state index contributed by atoms with van der Waals surface area (Å²) < 4.78 is 42.8. The summed E-state index contributed by atoms with van der Waals surface area (Å²) in [5.41, 5.74) is -0.752. The van der Waals surface area contributed by atoms with E-state index in [1.54, 1.807) is 24.3 Å². The van der Waals surface area contributed by atoms with Gasteiger partial charge in [-0.05, 0) is 36.5 Å². The number of carboxylic acids is 1. The van der Waals surface area contributed by atoms with Gasteiger partial charge in [-0.1, -0.05) is 30.4 Å². The maximum absolute atomic E-state index is 12.7. The lowest BCUT2D eigenvalue weighted by Gasteiger charge is -2.24. The molecule has 0 radical (unpaired) electrons. The van der Waals surface area contributed by atoms with Crippen molar-refractivity contribution in [3.8, 4) is 0 Å². The van der Waals surface area contributed by atoms with Crippen LogP contribution in [0.1, 0.15) is 34.7 Å². The van der Waals surface area contributed by atoms with Crippen LogP contribution in [-0.2, 0) is 9.53 Å². The predicted molar refractivity (Wildman–Crippen MR) is 86.6 cm³/mol. The molecule has 26 heavy (non-hydrogen) atoms. The van der Waals surface area contributed by atoms with Crippen LogP contribution in [0.3, 0.4) is 0 Å². The molecule has 3 rings (SSSR count). The highest BCUT2D eigenvalue weighted by Gasteiger charge is 2.64. The molecule has 0 aromatic heterocycles. The molecule has 0 saturated heterocycles. The maximum Gasteiger partial charge on any atom is 0.416 e. The molecule has 0 bridgehead atoms. The second-order valence-corrected chi connectivity index (χ2v) is 6.57. The van der Waals surface area contributed by atoms with Gasteiger partial charge in [-0.15, -0.1) is 0 Å². The van der Waals surface area contributed by atoms with Gasteiger partial charge in [-0.2, -0.15) is 13.2 Å². The fourth-order valence-corrected chi connectivity index (χ4v) is 3.68. The Morgan fingerprint density at radius 2 is 1.88 bits per heavy atom. The van der Waals surface area contributed by atoms with Crippen LogP contribution in [0.2, 0.25) is 0 Å². The predicted octanol–water partition coefficient (Wildman–Crippen LogP) is 4.10. The Kier molecular flexibility index (Phi) is 4.42. The highest BCUT2D eigenvalue weighted by atomic mass is 19.4. The van der Waals surface area contributed by atoms with Gasteiger partial charge in [0.05, 0.1) is 23.7 Å². The monoisotopic (exact) mass is 366 g/mol. The number of esters is 1. The molecule has 0 heterocycles. The zero-order chi connectivity index (χ0) is 19.1. The van der Waals surface area contributed by atoms with Crippen LogP contribution in [-0.4, -0.2) is 30.3 Å². The van der Waals surface area contributed by atoms with Crippen molar-refractivity contribution < 1.29 is 32.6 Å². The number of ether oxygens (including phenoxy) is 1. The van der Waals surface area contributed by atoms with Crippen LogP contribution in [0.5, 0.6) is 0 Å². The summed E-state index contributed by atoms with van der Waals surface area (Å²) in [5, 5.41) is 9.74. The number of hydrogen-bond acceptors (Lipinski definition) is 3. The molecule has 7 heteroatoms. The number of alkyl halides is 3. The highest BCUT2D eigenvalue weighted by Crippen LogP contribution is 2.65. The van der Waals surface area contributed by atoms with E-state index in [9.17, 15) is 27.9 Å². The molecule has 1 fully saturated rings. The van der Waals surface area contributed by atoms with Crippen molar-refractivity contribution >= 4 is 11.9 Å². The smallest absolute Gasteiger partial charge is 0.416 e. The normalized spacial score (nSPS) is 27.6. The van der Waals surface area contributed by atoms with E-state index in [0.29, 0.717) is 12.0 Å². The molecule has 1 saturated carbocycles. The average Bonchev–Trinajstić information content (AvgIpc) is 3.38. The Morgan fingerprint density at radius 3 is 2.35 bits per heavy atom. The Hall–Kier alpha value is -2.57. The van der Waals surface area contributed by atoms with Crippen molar-refractivity contribution in [3.63, 3.8) is 0 Å². The number of aliphatic carboxylic acids is 1. The minimum atomic E-state index is -4.43. The minimum absolute atomic E-state index is 0.0361. The van der Waals surface area contributed by atoms with Crippen LogP contribution in [0, 0.1) is 11.3 Å². The van der Waals surface area contributed by atoms with Gasteiger partial charge in [0.1, 0.15) is 0 Å². The van der Waals surface area contributed by atoms with Crippen molar-refractivity contribution in [3.05, 3.63) is 59.2 Å². The van der Waals surface area contributed by atoms with E-state index >= 15 is 0 Å². The van der Waals surface area contributed by atoms with Gasteiger partial charge >= 0.3 is 18.1 Å². The molecule has 0 amide bonds. The van der Waals surface area contributed by atoms with E-state index < -0.39 is 35.0 Å². The number of hydrogen-bond donors (Lipinski definition) is 1. The molecule has 1 N–H and O–H groups in total. The van der Waals surface area contributed by atoms with E-state index in [-0.39, 0.29) is 12.3 Å². The van der Waals surface area contributed by atoms with E-state index in [1.807, 2.05) is 0 Å². The number of carbonyl (C=O) groups is 2. The molecule has 3 atom stereocenters. The van der Waals surface area contributed by atoms with E-state index in [4.69, 9.17) is 0 Å². The summed E-state index contributed by atoms with van der Waals surface area (Å²) in [5.74, 6) is -2.31. The van der Waals surface area contributed by atoms with Gasteiger partial charge in [0.15, 0.2) is 0 Å². The molecule has 4 nitrogen and oxygen atoms in total. The van der Waals surface area contributed by atoms with E-state index in [0.717, 1.165) is 17.7 Å². The topological polar surface area (TPSA) is 63.6 Å². The number of halogens is 3. The SMILES string of the molecule is COC(=O)c1ccc([C@H]2C[C@]2(C(=O)O)C2C=CC(C(F)(F)F)=CC2)cc1. The lowest BCUT2D eigenvalue weighted by atomic mass is 9.80. The second-order valence-electron chi connectivity index (χ2n) is 6.57. The van der Waals surface area contributed by atoms with Crippen LogP contribution in [0.15, 0.2) is 48.1 Å². The summed E-state index contributed by atoms with van der Waals surface area (Å²) in [6.07, 6.45) is -0.650. The third kappa shape index (κ3) is 3.02. The second kappa shape index (κ2) is 6.30. The summed E-state index contributed by atoms with van der Waals surface area (Å²) in [6, 6.07) is 6.46. The van der Waals surface area contributed by atoms with Gasteiger partial charge in [-0.3, -0.25) is 4.79 Å². The molecule has 0 spiro atoms. The fourth-order valence-electron chi connectivity index (χ4n) is 3.68. The quantitative estimate of drug-likeness (QED) is 0.815. The highest BCUT2D eigenvalue weighted by molar-refractivity contribution is 5.89. The zero-order valence-electron chi connectivity index (χ0n) is 13.9. The van der Waals surface area contributed by atoms with Crippen molar-refractivity contribution in [1.82, 2.24) is 0 Å². The number of methoxy groups -OCH3 is 1. The fraction of sp³-hybridized carbons (Fsp3) is 0.368. The molecule has 1 aromatic rings. The maximum atomic E-state index is 12.7. The van der Waals surface area contributed by atoms with Crippen molar-refractivity contribution in [1.29, 1.82) is 0 Å². The van der Waals surface area contributed by atoms with Crippen LogP contribution in [0.25, 0.3) is 0 Å². The van der Waals surface area contributed by atoms with Crippen molar-refractivity contribution in [2.75, 3.05) is 7.11 Å². The number of carboxylic acid groups (broad SMARTS) is 1. The summed E-state index contributed by atoms with van der Waals surface area (Å²) >= 11 is 0. The van der Waals surface area contributed by atoms with Gasteiger partial charge in [0.25, 0.3) is 0 Å². The zero-order valence-corrected chi connectivity index (χ0v) is 13.9. The molecule has 138 valence electrons. The summed E-state index contributed by atoms with van der Waals surface area (Å²) in [6.45, 7) is 0. The first-order chi connectivity index (χ1) is 12.2. The molecule has 1 unspecified atom stereocenters. The summed E-state index contributed by atoms with van der Waals surface area (Å²) in [7, 11) is 1.27. The lowest BCUT2D eigenvalue weighted by molar-refractivity contribution is -0.145. The first kappa shape index (κ1) is 18.2. The average molecular weight is 366 g/mol. The van der Waals surface area contributed by atoms with Crippen LogP contribution >= 0.6 is 0 Å². The molecule has 1 aromatic carbocycles. The standard InChI is InChI=1S/C19H17F3O4/c1-26-16(23)12-4-2-11(3-5-12)15-10-18(15,17(24)25)13-6-8-14(9-7-13)19(20,21)22/h2-6,8-9,13,15H,7,10H2,1H3,(H,24,25)/t13?,15-,18+/m1/s1. The number of allylic oxidation sites excluding steroid dienone is 4. The first-order valence-corrected chi connectivity index (χ1v) is 8.07. The first-order valence-electron chi connectivity index (χ1n) is 8.07. The molecule has 2 aliphatic rings. The third-order valence-corrected chi connectivity index (χ3v) is 5.22. The Bertz CT molecular complexity index is 792. The molecule has 0 aliphatic heterocycles. The lowest BCUT2D eigenvalue weighted by Crippen LogP contribution is -2.27. The van der Waals surface area contributed by atoms with Gasteiger partial charge in [-0.25, -0.2) is 4.79 Å². The Balaban J connectivity index is 1.80. The molecule has 2 aliphatic carbocycles. The number of rotatable bonds is 4. The third-order valence-electron chi connectivity index (χ3n) is 5.22. The summed E-state index contributed by atoms with van der Waals surface area (Å²) in [4.78, 5) is 23.4. The number of benzene rings is 1. The van der Waals surface area contributed by atoms with Crippen LogP contribution in [0.4, 0.5) is 13.2 Å². The van der Waals surface area contributed by atoms with Crippen LogP contribution < -0.4 is 0 Å². The van der Waals surface area contributed by atoms with Gasteiger partial charge in [0.2, 0.25) is 0 Å². The Labute approximate surface area is 148 Å². The van der Waals surface area contributed by atoms with Gasteiger partial charge < -0.3 is 9.84 Å². The molecular weight excluding hydrogens is 349 g/mol. The minimum Gasteiger partial charge on any atom is -0.481 e. The largest absolute Gasteiger partial charge is 0.481 e. The number of carbonyl (C=O) groups excluding carboxylic acids is 1. The molecular formula is C19H17F3O4.